The van der Waals surface area contributed by atoms with Crippen molar-refractivity contribution in [3.8, 4) is 0 Å². The number of rotatable bonds is 1. The molecular weight excluding hydrogens is 158 g/mol. The Bertz CT molecular complexity index is 396. The Morgan fingerprint density at radius 1 is 1.42 bits per heavy atom. The summed E-state index contributed by atoms with van der Waals surface area (Å²) in [7, 11) is 0. The van der Waals surface area contributed by atoms with Gasteiger partial charge in [-0.3, -0.25) is 5.10 Å². The van der Waals surface area contributed by atoms with Crippen LogP contribution in [0.4, 0.5) is 0 Å². The van der Waals surface area contributed by atoms with E-state index in [0.29, 0.717) is 11.0 Å². The van der Waals surface area contributed by atoms with Crippen LogP contribution < -0.4 is 0 Å². The predicted molar refractivity (Wildman–Crippen MR) is 41.1 cm³/mol. The van der Waals surface area contributed by atoms with E-state index in [1.54, 1.807) is 18.3 Å². The molecule has 2 aromatic heterocycles. The summed E-state index contributed by atoms with van der Waals surface area (Å²) in [4.78, 5) is 3.92. The lowest BCUT2D eigenvalue weighted by Gasteiger charge is -1.97. The molecule has 12 heavy (non-hydrogen) atoms. The van der Waals surface area contributed by atoms with Crippen molar-refractivity contribution in [2.24, 2.45) is 0 Å². The van der Waals surface area contributed by atoms with Crippen LogP contribution in [0.2, 0.25) is 0 Å². The van der Waals surface area contributed by atoms with Gasteiger partial charge in [-0.15, -0.1) is 0 Å². The number of nitrogens with one attached hydrogen (secondary N) is 1. The molecule has 2 heterocycles. The molecule has 0 aromatic carbocycles. The molecule has 0 radical (unpaired) electrons. The van der Waals surface area contributed by atoms with Crippen LogP contribution in [-0.2, 0) is 0 Å². The van der Waals surface area contributed by atoms with Gasteiger partial charge in [0.15, 0.2) is 11.9 Å². The molecule has 0 saturated heterocycles. The molecule has 0 aliphatic heterocycles. The Morgan fingerprint density at radius 2 is 2.25 bits per heavy atom. The first-order valence-electron chi connectivity index (χ1n) is 3.44. The number of nitrogens with zero attached hydrogens (tertiary/aromatic N) is 2. The summed E-state index contributed by atoms with van der Waals surface area (Å²) in [6.07, 6.45) is 0.0654. The maximum atomic E-state index is 8.87. The summed E-state index contributed by atoms with van der Waals surface area (Å²) < 4.78 is 0. The highest BCUT2D eigenvalue weighted by Crippen LogP contribution is 2.17. The lowest BCUT2D eigenvalue weighted by atomic mass is 10.2. The van der Waals surface area contributed by atoms with Gasteiger partial charge in [-0.2, -0.15) is 5.10 Å². The van der Waals surface area contributed by atoms with Gasteiger partial charge in [0.2, 0.25) is 0 Å². The third-order valence-corrected chi connectivity index (χ3v) is 1.62. The maximum Gasteiger partial charge on any atom is 0.196 e. The second kappa shape index (κ2) is 2.54. The van der Waals surface area contributed by atoms with Crippen LogP contribution in [0.1, 0.15) is 12.0 Å². The Balaban J connectivity index is 2.70. The first-order chi connectivity index (χ1) is 5.79. The first-order valence-corrected chi connectivity index (χ1v) is 3.44. The number of aromatic nitrogens is 3. The molecule has 0 atom stereocenters. The highest BCUT2D eigenvalue weighted by atomic mass is 16.5. The number of fused-ring (bicyclic) bond motifs is 1. The van der Waals surface area contributed by atoms with Crippen LogP contribution in [0.15, 0.2) is 18.3 Å². The Hall–Kier alpha value is -1.46. The molecule has 2 aromatic rings. The van der Waals surface area contributed by atoms with Crippen LogP contribution in [0.25, 0.3) is 11.0 Å². The monoisotopic (exact) mass is 165 g/mol. The number of aromatic amines is 1. The van der Waals surface area contributed by atoms with Crippen LogP contribution in [0, 0.1) is 0 Å². The number of pyridine rings is 1. The van der Waals surface area contributed by atoms with Gasteiger partial charge in [-0.1, -0.05) is 0 Å². The van der Waals surface area contributed by atoms with Crippen LogP contribution in [0.5, 0.6) is 0 Å². The summed E-state index contributed by atoms with van der Waals surface area (Å²) in [6, 6.07) is 3.43. The molecule has 0 saturated carbocycles. The van der Waals surface area contributed by atoms with Gasteiger partial charge < -0.3 is 10.2 Å². The van der Waals surface area contributed by atoms with Crippen molar-refractivity contribution in [3.05, 3.63) is 24.0 Å². The van der Waals surface area contributed by atoms with Crippen molar-refractivity contribution in [2.45, 2.75) is 6.29 Å². The van der Waals surface area contributed by atoms with E-state index in [-0.39, 0.29) is 5.69 Å². The zero-order valence-electron chi connectivity index (χ0n) is 6.10. The van der Waals surface area contributed by atoms with Gasteiger partial charge >= 0.3 is 0 Å². The summed E-state index contributed by atoms with van der Waals surface area (Å²) in [5.41, 5.74) is 0.763. The molecule has 62 valence electrons. The first kappa shape index (κ1) is 7.20. The van der Waals surface area contributed by atoms with E-state index in [2.05, 4.69) is 15.2 Å². The molecule has 5 nitrogen and oxygen atoms in total. The number of aliphatic hydroxyl groups is 2. The minimum atomic E-state index is -1.53. The lowest BCUT2D eigenvalue weighted by molar-refractivity contribution is -0.0447. The molecule has 0 aliphatic carbocycles. The van der Waals surface area contributed by atoms with Crippen molar-refractivity contribution in [1.29, 1.82) is 0 Å². The fourth-order valence-corrected chi connectivity index (χ4v) is 1.07. The predicted octanol–water partition coefficient (Wildman–Crippen LogP) is -0.0589. The molecule has 2 rings (SSSR count). The molecule has 0 bridgehead atoms. The molecule has 0 amide bonds. The zero-order valence-corrected chi connectivity index (χ0v) is 6.10. The minimum absolute atomic E-state index is 0.276. The second-order valence-electron chi connectivity index (χ2n) is 2.39. The van der Waals surface area contributed by atoms with E-state index in [1.807, 2.05) is 0 Å². The minimum Gasteiger partial charge on any atom is -0.363 e. The van der Waals surface area contributed by atoms with E-state index in [0.717, 1.165) is 0 Å². The Morgan fingerprint density at radius 3 is 3.00 bits per heavy atom. The van der Waals surface area contributed by atoms with Crippen molar-refractivity contribution in [1.82, 2.24) is 15.2 Å². The summed E-state index contributed by atoms with van der Waals surface area (Å²) in [5.74, 6) is 0. The van der Waals surface area contributed by atoms with Crippen LogP contribution in [0.3, 0.4) is 0 Å². The number of aliphatic hydroxyl groups excluding tert-OH is 1. The highest BCUT2D eigenvalue weighted by molar-refractivity contribution is 5.77. The zero-order chi connectivity index (χ0) is 8.55. The van der Waals surface area contributed by atoms with Crippen molar-refractivity contribution in [3.63, 3.8) is 0 Å². The normalized spacial score (nSPS) is 11.2. The van der Waals surface area contributed by atoms with Gasteiger partial charge in [-0.25, -0.2) is 4.98 Å². The third-order valence-electron chi connectivity index (χ3n) is 1.62. The highest BCUT2D eigenvalue weighted by Gasteiger charge is 2.10. The molecule has 0 spiro atoms. The standard InChI is InChI=1S/C7H7N3O2/c11-7(12)5-4-2-1-3-8-6(4)10-9-5/h1-3,7,11-12H,(H,8,9,10). The molecule has 0 fully saturated rings. The van der Waals surface area contributed by atoms with E-state index in [4.69, 9.17) is 10.2 Å². The largest absolute Gasteiger partial charge is 0.363 e. The third kappa shape index (κ3) is 0.956. The van der Waals surface area contributed by atoms with Crippen LogP contribution >= 0.6 is 0 Å². The van der Waals surface area contributed by atoms with Gasteiger partial charge in [-0.05, 0) is 12.1 Å². The van der Waals surface area contributed by atoms with Gasteiger partial charge in [0.1, 0.15) is 5.69 Å². The van der Waals surface area contributed by atoms with Crippen LogP contribution in [-0.4, -0.2) is 25.4 Å². The molecule has 3 N–H and O–H groups in total. The molecule has 5 heteroatoms. The summed E-state index contributed by atoms with van der Waals surface area (Å²) >= 11 is 0. The molecule has 0 unspecified atom stereocenters. The quantitative estimate of drug-likeness (QED) is 0.517. The number of hydrogen-bond donors (Lipinski definition) is 3. The van der Waals surface area contributed by atoms with E-state index in [9.17, 15) is 0 Å². The van der Waals surface area contributed by atoms with Gasteiger partial charge in [0.25, 0.3) is 0 Å². The van der Waals surface area contributed by atoms with Crippen molar-refractivity contribution in [2.75, 3.05) is 0 Å². The SMILES string of the molecule is OC(O)c1[nH]nc2ncccc12. The summed E-state index contributed by atoms with van der Waals surface area (Å²) in [5, 5.41) is 24.7. The van der Waals surface area contributed by atoms with Crippen molar-refractivity contribution >= 4 is 11.0 Å². The van der Waals surface area contributed by atoms with Gasteiger partial charge in [0.05, 0.1) is 0 Å². The topological polar surface area (TPSA) is 82.0 Å². The number of hydrogen-bond acceptors (Lipinski definition) is 4. The smallest absolute Gasteiger partial charge is 0.196 e. The maximum absolute atomic E-state index is 8.87. The lowest BCUT2D eigenvalue weighted by Crippen LogP contribution is -1.95. The molecular formula is C7H7N3O2. The molecule has 0 aliphatic rings. The van der Waals surface area contributed by atoms with Gasteiger partial charge in [0, 0.05) is 11.6 Å². The average Bonchev–Trinajstić information content (AvgIpc) is 2.47. The van der Waals surface area contributed by atoms with Crippen molar-refractivity contribution < 1.29 is 10.2 Å². The average molecular weight is 165 g/mol. The Kier molecular flexibility index (Phi) is 1.53. The number of H-pyrrole nitrogens is 1. The fourth-order valence-electron chi connectivity index (χ4n) is 1.07. The van der Waals surface area contributed by atoms with E-state index < -0.39 is 6.29 Å². The van der Waals surface area contributed by atoms with E-state index >= 15 is 0 Å². The Labute approximate surface area is 67.7 Å². The second-order valence-corrected chi connectivity index (χ2v) is 2.39. The van der Waals surface area contributed by atoms with E-state index in [1.165, 1.54) is 0 Å². The fraction of sp³-hybridized carbons (Fsp3) is 0.143. The summed E-state index contributed by atoms with van der Waals surface area (Å²) in [6.45, 7) is 0.